The minimum atomic E-state index is -0.0227. The molecule has 0 fully saturated rings. The Morgan fingerprint density at radius 3 is 2.48 bits per heavy atom. The monoisotopic (exact) mass is 291 g/mol. The van der Waals surface area contributed by atoms with E-state index >= 15 is 0 Å². The van der Waals surface area contributed by atoms with Crippen molar-refractivity contribution >= 4 is 5.91 Å². The highest BCUT2D eigenvalue weighted by Crippen LogP contribution is 2.32. The highest BCUT2D eigenvalue weighted by Gasteiger charge is 2.18. The molecule has 0 radical (unpaired) electrons. The minimum absolute atomic E-state index is 0.0227. The number of amides is 1. The molecular formula is C17H25NO3. The Morgan fingerprint density at radius 1 is 1.14 bits per heavy atom. The summed E-state index contributed by atoms with van der Waals surface area (Å²) in [5.41, 5.74) is 0.636. The molecule has 116 valence electrons. The maximum absolute atomic E-state index is 12.4. The number of unbranched alkanes of at least 4 members (excludes halogenated alkanes) is 2. The molecule has 0 saturated heterocycles. The molecule has 0 aliphatic carbocycles. The summed E-state index contributed by atoms with van der Waals surface area (Å²) in [4.78, 5) is 12.4. The second-order valence-corrected chi connectivity index (χ2v) is 5.52. The van der Waals surface area contributed by atoms with E-state index in [2.05, 4.69) is 19.2 Å². The van der Waals surface area contributed by atoms with Crippen LogP contribution < -0.4 is 14.8 Å². The molecule has 0 atom stereocenters. The third-order valence-corrected chi connectivity index (χ3v) is 3.78. The lowest BCUT2D eigenvalue weighted by atomic mass is 10.0. The van der Waals surface area contributed by atoms with Crippen LogP contribution in [-0.4, -0.2) is 18.7 Å². The van der Waals surface area contributed by atoms with Crippen molar-refractivity contribution in [3.63, 3.8) is 0 Å². The van der Waals surface area contributed by atoms with E-state index in [0.29, 0.717) is 17.1 Å². The number of nitrogens with one attached hydrogen (secondary N) is 1. The highest BCUT2D eigenvalue weighted by molar-refractivity contribution is 5.95. The molecule has 2 rings (SSSR count). The zero-order valence-electron chi connectivity index (χ0n) is 13.0. The molecule has 1 heterocycles. The van der Waals surface area contributed by atoms with Crippen molar-refractivity contribution in [3.8, 4) is 11.5 Å². The van der Waals surface area contributed by atoms with Gasteiger partial charge in [0, 0.05) is 11.6 Å². The molecule has 21 heavy (non-hydrogen) atoms. The maximum atomic E-state index is 12.4. The number of carbonyl (C=O) groups is 1. The number of hydrogen-bond donors (Lipinski definition) is 1. The summed E-state index contributed by atoms with van der Waals surface area (Å²) in [5.74, 6) is 1.34. The summed E-state index contributed by atoms with van der Waals surface area (Å²) in [5, 5.41) is 3.16. The number of carbonyl (C=O) groups excluding carboxylic acids is 1. The van der Waals surface area contributed by atoms with Gasteiger partial charge in [-0.3, -0.25) is 4.79 Å². The van der Waals surface area contributed by atoms with Crippen molar-refractivity contribution in [2.24, 2.45) is 0 Å². The first-order valence-electron chi connectivity index (χ1n) is 7.95. The van der Waals surface area contributed by atoms with Crippen LogP contribution in [0.3, 0.4) is 0 Å². The molecule has 1 N–H and O–H groups in total. The average Bonchev–Trinajstić information content (AvgIpc) is 2.97. The van der Waals surface area contributed by atoms with Crippen LogP contribution in [0, 0.1) is 0 Å². The fraction of sp³-hybridized carbons (Fsp3) is 0.588. The van der Waals surface area contributed by atoms with Gasteiger partial charge < -0.3 is 14.8 Å². The predicted octanol–water partition coefficient (Wildman–Crippen LogP) is 3.89. The SMILES string of the molecule is CCCCC(CCCC)NC(=O)c1ccc2c(c1)OCO2. The van der Waals surface area contributed by atoms with E-state index in [4.69, 9.17) is 9.47 Å². The van der Waals surface area contributed by atoms with E-state index in [1.54, 1.807) is 18.2 Å². The molecule has 0 aromatic heterocycles. The molecule has 1 aromatic carbocycles. The van der Waals surface area contributed by atoms with Crippen LogP contribution in [0.2, 0.25) is 0 Å². The average molecular weight is 291 g/mol. The van der Waals surface area contributed by atoms with Crippen molar-refractivity contribution < 1.29 is 14.3 Å². The van der Waals surface area contributed by atoms with Gasteiger partial charge in [-0.1, -0.05) is 39.5 Å². The van der Waals surface area contributed by atoms with Gasteiger partial charge in [-0.15, -0.1) is 0 Å². The Kier molecular flexibility index (Phi) is 5.90. The summed E-state index contributed by atoms with van der Waals surface area (Å²) >= 11 is 0. The minimum Gasteiger partial charge on any atom is -0.454 e. The van der Waals surface area contributed by atoms with Crippen LogP contribution in [0.4, 0.5) is 0 Å². The van der Waals surface area contributed by atoms with Gasteiger partial charge in [0.05, 0.1) is 0 Å². The third-order valence-electron chi connectivity index (χ3n) is 3.78. The second-order valence-electron chi connectivity index (χ2n) is 5.52. The summed E-state index contributed by atoms with van der Waals surface area (Å²) in [7, 11) is 0. The van der Waals surface area contributed by atoms with Gasteiger partial charge in [0.1, 0.15) is 0 Å². The van der Waals surface area contributed by atoms with Crippen LogP contribution >= 0.6 is 0 Å². The lowest BCUT2D eigenvalue weighted by Gasteiger charge is -2.18. The first kappa shape index (κ1) is 15.7. The quantitative estimate of drug-likeness (QED) is 0.790. The maximum Gasteiger partial charge on any atom is 0.251 e. The molecular weight excluding hydrogens is 266 g/mol. The molecule has 0 saturated carbocycles. The normalized spacial score (nSPS) is 12.7. The van der Waals surface area contributed by atoms with Crippen molar-refractivity contribution in [2.45, 2.75) is 58.4 Å². The smallest absolute Gasteiger partial charge is 0.251 e. The van der Waals surface area contributed by atoms with Gasteiger partial charge in [0.2, 0.25) is 6.79 Å². The Bertz CT molecular complexity index is 465. The van der Waals surface area contributed by atoms with E-state index in [1.807, 2.05) is 0 Å². The molecule has 4 nitrogen and oxygen atoms in total. The number of benzene rings is 1. The van der Waals surface area contributed by atoms with Crippen LogP contribution in [0.25, 0.3) is 0 Å². The summed E-state index contributed by atoms with van der Waals surface area (Å²) < 4.78 is 10.6. The van der Waals surface area contributed by atoms with E-state index < -0.39 is 0 Å². The van der Waals surface area contributed by atoms with Gasteiger partial charge >= 0.3 is 0 Å². The zero-order valence-corrected chi connectivity index (χ0v) is 13.0. The van der Waals surface area contributed by atoms with Gasteiger partial charge in [-0.25, -0.2) is 0 Å². The Balaban J connectivity index is 1.97. The van der Waals surface area contributed by atoms with Gasteiger partial charge in [0.25, 0.3) is 5.91 Å². The van der Waals surface area contributed by atoms with Gasteiger partial charge in [0.15, 0.2) is 11.5 Å². The molecule has 1 aliphatic rings. The number of fused-ring (bicyclic) bond motifs is 1. The van der Waals surface area contributed by atoms with Crippen LogP contribution in [0.5, 0.6) is 11.5 Å². The molecule has 1 aliphatic heterocycles. The molecule has 4 heteroatoms. The third kappa shape index (κ3) is 4.38. The highest BCUT2D eigenvalue weighted by atomic mass is 16.7. The summed E-state index contributed by atoms with van der Waals surface area (Å²) in [6.45, 7) is 4.59. The van der Waals surface area contributed by atoms with E-state index in [1.165, 1.54) is 0 Å². The van der Waals surface area contributed by atoms with Gasteiger partial charge in [-0.05, 0) is 31.0 Å². The van der Waals surface area contributed by atoms with Crippen molar-refractivity contribution in [2.75, 3.05) is 6.79 Å². The summed E-state index contributed by atoms with van der Waals surface area (Å²) in [6, 6.07) is 5.61. The molecule has 0 unspecified atom stereocenters. The fourth-order valence-corrected chi connectivity index (χ4v) is 2.50. The van der Waals surface area contributed by atoms with Crippen molar-refractivity contribution in [3.05, 3.63) is 23.8 Å². The molecule has 0 spiro atoms. The number of rotatable bonds is 8. The number of ether oxygens (including phenoxy) is 2. The molecule has 0 bridgehead atoms. The first-order chi connectivity index (χ1) is 10.2. The Morgan fingerprint density at radius 2 is 1.81 bits per heavy atom. The van der Waals surface area contributed by atoms with Crippen molar-refractivity contribution in [1.29, 1.82) is 0 Å². The second kappa shape index (κ2) is 7.91. The molecule has 1 aromatic rings. The topological polar surface area (TPSA) is 47.6 Å². The van der Waals surface area contributed by atoms with Crippen LogP contribution in [0.1, 0.15) is 62.7 Å². The Labute approximate surface area is 126 Å². The van der Waals surface area contributed by atoms with E-state index in [-0.39, 0.29) is 18.7 Å². The lowest BCUT2D eigenvalue weighted by molar-refractivity contribution is 0.0931. The zero-order chi connectivity index (χ0) is 15.1. The van der Waals surface area contributed by atoms with Gasteiger partial charge in [-0.2, -0.15) is 0 Å². The largest absolute Gasteiger partial charge is 0.454 e. The number of hydrogen-bond acceptors (Lipinski definition) is 3. The van der Waals surface area contributed by atoms with Crippen molar-refractivity contribution in [1.82, 2.24) is 5.32 Å². The predicted molar refractivity (Wildman–Crippen MR) is 82.9 cm³/mol. The van der Waals surface area contributed by atoms with E-state index in [0.717, 1.165) is 38.5 Å². The molecule has 1 amide bonds. The standard InChI is InChI=1S/C17H25NO3/c1-3-5-7-14(8-6-4-2)18-17(19)13-9-10-15-16(11-13)21-12-20-15/h9-11,14H,3-8,12H2,1-2H3,(H,18,19). The van der Waals surface area contributed by atoms with E-state index in [9.17, 15) is 4.79 Å². The Hall–Kier alpha value is -1.71. The fourth-order valence-electron chi connectivity index (χ4n) is 2.50. The van der Waals surface area contributed by atoms with Crippen LogP contribution in [0.15, 0.2) is 18.2 Å². The first-order valence-corrected chi connectivity index (χ1v) is 7.95. The van der Waals surface area contributed by atoms with Crippen LogP contribution in [-0.2, 0) is 0 Å². The lowest BCUT2D eigenvalue weighted by Crippen LogP contribution is -2.34. The summed E-state index contributed by atoms with van der Waals surface area (Å²) in [6.07, 6.45) is 6.70.